The molecule has 1 unspecified atom stereocenters. The van der Waals surface area contributed by atoms with Crippen LogP contribution in [-0.2, 0) is 4.74 Å². The van der Waals surface area contributed by atoms with Crippen LogP contribution < -0.4 is 10.6 Å². The van der Waals surface area contributed by atoms with Crippen molar-refractivity contribution in [2.45, 2.75) is 25.4 Å². The highest BCUT2D eigenvalue weighted by Gasteiger charge is 2.31. The van der Waals surface area contributed by atoms with Gasteiger partial charge in [-0.3, -0.25) is 4.98 Å². The first-order chi connectivity index (χ1) is 7.63. The van der Waals surface area contributed by atoms with Crippen molar-refractivity contribution in [1.29, 1.82) is 0 Å². The summed E-state index contributed by atoms with van der Waals surface area (Å²) in [5.41, 5.74) is 5.54. The molecule has 1 aromatic rings. The molecule has 5 nitrogen and oxygen atoms in total. The van der Waals surface area contributed by atoms with Gasteiger partial charge in [0, 0.05) is 20.2 Å². The molecule has 2 N–H and O–H groups in total. The van der Waals surface area contributed by atoms with Crippen molar-refractivity contribution < 1.29 is 4.74 Å². The molecular weight excluding hydrogens is 204 g/mol. The quantitative estimate of drug-likeness (QED) is 0.810. The van der Waals surface area contributed by atoms with Gasteiger partial charge in [0.2, 0.25) is 0 Å². The Kier molecular flexibility index (Phi) is 2.96. The summed E-state index contributed by atoms with van der Waals surface area (Å²) < 4.78 is 5.54. The van der Waals surface area contributed by atoms with E-state index in [1.165, 1.54) is 0 Å². The highest BCUT2D eigenvalue weighted by molar-refractivity contribution is 5.42. The van der Waals surface area contributed by atoms with Gasteiger partial charge in [-0.2, -0.15) is 0 Å². The van der Waals surface area contributed by atoms with Gasteiger partial charge in [-0.25, -0.2) is 4.98 Å². The van der Waals surface area contributed by atoms with Crippen LogP contribution in [0.25, 0.3) is 0 Å². The van der Waals surface area contributed by atoms with Gasteiger partial charge in [-0.1, -0.05) is 0 Å². The number of nitrogens with zero attached hydrogens (tertiary/aromatic N) is 3. The SMILES string of the molecule is COC1(C)CCCN(c2cncc(N)n2)C1. The molecule has 0 bridgehead atoms. The summed E-state index contributed by atoms with van der Waals surface area (Å²) in [4.78, 5) is 10.5. The van der Waals surface area contributed by atoms with Crippen molar-refractivity contribution in [3.63, 3.8) is 0 Å². The minimum Gasteiger partial charge on any atom is -0.382 e. The van der Waals surface area contributed by atoms with E-state index in [2.05, 4.69) is 21.8 Å². The second-order valence-electron chi connectivity index (χ2n) is 4.48. The minimum absolute atomic E-state index is 0.0927. The van der Waals surface area contributed by atoms with Gasteiger partial charge in [0.15, 0.2) is 0 Å². The maximum absolute atomic E-state index is 5.63. The molecule has 2 rings (SSSR count). The lowest BCUT2D eigenvalue weighted by molar-refractivity contribution is -0.00482. The summed E-state index contributed by atoms with van der Waals surface area (Å²) in [6, 6.07) is 0. The number of hydrogen-bond donors (Lipinski definition) is 1. The fraction of sp³-hybridized carbons (Fsp3) is 0.636. The number of hydrogen-bond acceptors (Lipinski definition) is 5. The number of aromatic nitrogens is 2. The van der Waals surface area contributed by atoms with E-state index in [0.29, 0.717) is 5.82 Å². The average molecular weight is 222 g/mol. The fourth-order valence-corrected chi connectivity index (χ4v) is 2.09. The number of nitrogen functional groups attached to an aromatic ring is 1. The van der Waals surface area contributed by atoms with Crippen LogP contribution in [0.15, 0.2) is 12.4 Å². The fourth-order valence-electron chi connectivity index (χ4n) is 2.09. The van der Waals surface area contributed by atoms with Crippen LogP contribution in [0.2, 0.25) is 0 Å². The van der Waals surface area contributed by atoms with E-state index in [4.69, 9.17) is 10.5 Å². The molecule has 1 atom stereocenters. The largest absolute Gasteiger partial charge is 0.382 e. The maximum Gasteiger partial charge on any atom is 0.149 e. The number of rotatable bonds is 2. The van der Waals surface area contributed by atoms with E-state index < -0.39 is 0 Å². The molecule has 0 spiro atoms. The molecular formula is C11H18N4O. The highest BCUT2D eigenvalue weighted by Crippen LogP contribution is 2.26. The second-order valence-corrected chi connectivity index (χ2v) is 4.48. The van der Waals surface area contributed by atoms with Crippen LogP contribution in [0.3, 0.4) is 0 Å². The Morgan fingerprint density at radius 3 is 3.00 bits per heavy atom. The Morgan fingerprint density at radius 2 is 2.31 bits per heavy atom. The number of methoxy groups -OCH3 is 1. The lowest BCUT2D eigenvalue weighted by atomic mass is 9.95. The zero-order chi connectivity index (χ0) is 11.6. The standard InChI is InChI=1S/C11H18N4O/c1-11(16-2)4-3-5-15(8-11)10-7-13-6-9(12)14-10/h6-7H,3-5,8H2,1-2H3,(H2,12,14). The lowest BCUT2D eigenvalue weighted by Gasteiger charge is -2.39. The molecule has 0 amide bonds. The highest BCUT2D eigenvalue weighted by atomic mass is 16.5. The lowest BCUT2D eigenvalue weighted by Crippen LogP contribution is -2.47. The average Bonchev–Trinajstić information content (AvgIpc) is 2.29. The molecule has 5 heteroatoms. The predicted molar refractivity (Wildman–Crippen MR) is 63.3 cm³/mol. The topological polar surface area (TPSA) is 64.3 Å². The van der Waals surface area contributed by atoms with Gasteiger partial charge in [0.25, 0.3) is 0 Å². The molecule has 1 aliphatic rings. The van der Waals surface area contributed by atoms with Crippen molar-refractivity contribution in [2.24, 2.45) is 0 Å². The smallest absolute Gasteiger partial charge is 0.149 e. The summed E-state index contributed by atoms with van der Waals surface area (Å²) >= 11 is 0. The molecule has 0 aromatic carbocycles. The monoisotopic (exact) mass is 222 g/mol. The van der Waals surface area contributed by atoms with Gasteiger partial charge in [0.05, 0.1) is 18.0 Å². The van der Waals surface area contributed by atoms with E-state index in [9.17, 15) is 0 Å². The van der Waals surface area contributed by atoms with Crippen LogP contribution in [-0.4, -0.2) is 35.8 Å². The molecule has 1 fully saturated rings. The third-order valence-corrected chi connectivity index (χ3v) is 3.12. The zero-order valence-electron chi connectivity index (χ0n) is 9.81. The third kappa shape index (κ3) is 2.24. The first-order valence-electron chi connectivity index (χ1n) is 5.51. The normalized spacial score (nSPS) is 25.8. The Balaban J connectivity index is 2.16. The zero-order valence-corrected chi connectivity index (χ0v) is 9.81. The molecule has 2 heterocycles. The number of ether oxygens (including phenoxy) is 1. The Labute approximate surface area is 95.6 Å². The van der Waals surface area contributed by atoms with E-state index in [-0.39, 0.29) is 5.60 Å². The number of anilines is 2. The summed E-state index contributed by atoms with van der Waals surface area (Å²) in [6.45, 7) is 3.94. The summed E-state index contributed by atoms with van der Waals surface area (Å²) in [5.74, 6) is 1.30. The third-order valence-electron chi connectivity index (χ3n) is 3.12. The summed E-state index contributed by atoms with van der Waals surface area (Å²) in [6.07, 6.45) is 5.48. The molecule has 0 radical (unpaired) electrons. The van der Waals surface area contributed by atoms with Crippen molar-refractivity contribution >= 4 is 11.6 Å². The predicted octanol–water partition coefficient (Wildman–Crippen LogP) is 1.06. The molecule has 16 heavy (non-hydrogen) atoms. The Morgan fingerprint density at radius 1 is 1.50 bits per heavy atom. The minimum atomic E-state index is -0.0927. The number of nitrogens with two attached hydrogens (primary N) is 1. The van der Waals surface area contributed by atoms with Gasteiger partial charge in [-0.05, 0) is 19.8 Å². The van der Waals surface area contributed by atoms with E-state index >= 15 is 0 Å². The van der Waals surface area contributed by atoms with E-state index in [1.807, 2.05) is 0 Å². The molecule has 1 aromatic heterocycles. The maximum atomic E-state index is 5.63. The Hall–Kier alpha value is -1.36. The van der Waals surface area contributed by atoms with Crippen LogP contribution in [0.5, 0.6) is 0 Å². The molecule has 1 aliphatic heterocycles. The molecule has 0 aliphatic carbocycles. The van der Waals surface area contributed by atoms with Gasteiger partial charge < -0.3 is 15.4 Å². The van der Waals surface area contributed by atoms with Crippen molar-refractivity contribution in [2.75, 3.05) is 30.8 Å². The number of piperidine rings is 1. The molecule has 1 saturated heterocycles. The van der Waals surface area contributed by atoms with Crippen LogP contribution in [0.4, 0.5) is 11.6 Å². The van der Waals surface area contributed by atoms with Crippen LogP contribution in [0, 0.1) is 0 Å². The van der Waals surface area contributed by atoms with Crippen molar-refractivity contribution in [3.05, 3.63) is 12.4 Å². The van der Waals surface area contributed by atoms with E-state index in [0.717, 1.165) is 31.7 Å². The van der Waals surface area contributed by atoms with Crippen molar-refractivity contribution in [3.8, 4) is 0 Å². The van der Waals surface area contributed by atoms with Gasteiger partial charge in [0.1, 0.15) is 11.6 Å². The van der Waals surface area contributed by atoms with Crippen molar-refractivity contribution in [1.82, 2.24) is 9.97 Å². The molecule has 0 saturated carbocycles. The first-order valence-corrected chi connectivity index (χ1v) is 5.51. The Bertz CT molecular complexity index is 371. The van der Waals surface area contributed by atoms with Gasteiger partial charge in [-0.15, -0.1) is 0 Å². The van der Waals surface area contributed by atoms with E-state index in [1.54, 1.807) is 19.5 Å². The summed E-state index contributed by atoms with van der Waals surface area (Å²) in [5, 5.41) is 0. The van der Waals surface area contributed by atoms with Crippen LogP contribution in [0.1, 0.15) is 19.8 Å². The van der Waals surface area contributed by atoms with Crippen LogP contribution >= 0.6 is 0 Å². The first kappa shape index (κ1) is 11.1. The second kappa shape index (κ2) is 4.25. The molecule has 88 valence electrons. The summed E-state index contributed by atoms with van der Waals surface area (Å²) in [7, 11) is 1.76. The van der Waals surface area contributed by atoms with Gasteiger partial charge >= 0.3 is 0 Å².